The number of amides is 1. The summed E-state index contributed by atoms with van der Waals surface area (Å²) in [4.78, 5) is 11.9. The molecular formula is C14H23N3O3S. The van der Waals surface area contributed by atoms with Crippen molar-refractivity contribution in [3.8, 4) is 0 Å². The van der Waals surface area contributed by atoms with Gasteiger partial charge in [-0.05, 0) is 38.5 Å². The van der Waals surface area contributed by atoms with Crippen LogP contribution in [0.3, 0.4) is 0 Å². The third-order valence-corrected chi connectivity index (χ3v) is 4.14. The van der Waals surface area contributed by atoms with Crippen LogP contribution < -0.4 is 15.8 Å². The van der Waals surface area contributed by atoms with Crippen LogP contribution in [0.4, 0.5) is 0 Å². The minimum atomic E-state index is -3.21. The molecule has 0 spiro atoms. The first-order valence-electron chi connectivity index (χ1n) is 6.76. The number of carbonyl (C=O) groups is 1. The molecule has 118 valence electrons. The van der Waals surface area contributed by atoms with Gasteiger partial charge in [0.1, 0.15) is 0 Å². The van der Waals surface area contributed by atoms with Gasteiger partial charge in [-0.15, -0.1) is 0 Å². The number of hydrogen-bond donors (Lipinski definition) is 3. The van der Waals surface area contributed by atoms with Crippen molar-refractivity contribution >= 4 is 15.9 Å². The van der Waals surface area contributed by atoms with Gasteiger partial charge in [0.15, 0.2) is 0 Å². The maximum Gasteiger partial charge on any atom is 0.251 e. The normalized spacial score (nSPS) is 12.2. The van der Waals surface area contributed by atoms with Crippen LogP contribution >= 0.6 is 0 Å². The molecule has 4 N–H and O–H groups in total. The van der Waals surface area contributed by atoms with Gasteiger partial charge < -0.3 is 11.1 Å². The van der Waals surface area contributed by atoms with E-state index in [1.54, 1.807) is 31.2 Å². The lowest BCUT2D eigenvalue weighted by Gasteiger charge is -2.18. The number of nitrogens with one attached hydrogen (secondary N) is 2. The lowest BCUT2D eigenvalue weighted by atomic mass is 10.1. The average Bonchev–Trinajstić information content (AvgIpc) is 2.42. The first kappa shape index (κ1) is 17.6. The van der Waals surface area contributed by atoms with Crippen LogP contribution in [-0.2, 0) is 16.6 Å². The van der Waals surface area contributed by atoms with Gasteiger partial charge in [0.05, 0.1) is 5.75 Å². The van der Waals surface area contributed by atoms with Crippen molar-refractivity contribution in [2.24, 2.45) is 5.73 Å². The topological polar surface area (TPSA) is 101 Å². The quantitative estimate of drug-likeness (QED) is 0.686. The zero-order chi connectivity index (χ0) is 16.1. The Morgan fingerprint density at radius 2 is 1.81 bits per heavy atom. The molecule has 1 amide bonds. The summed E-state index contributed by atoms with van der Waals surface area (Å²) in [5.74, 6) is -0.156. The van der Waals surface area contributed by atoms with Gasteiger partial charge >= 0.3 is 0 Å². The second-order valence-electron chi connectivity index (χ2n) is 5.59. The minimum Gasteiger partial charge on any atom is -0.350 e. The molecule has 0 saturated heterocycles. The van der Waals surface area contributed by atoms with E-state index < -0.39 is 15.6 Å². The molecule has 1 rings (SSSR count). The van der Waals surface area contributed by atoms with Gasteiger partial charge in [0.25, 0.3) is 5.91 Å². The van der Waals surface area contributed by atoms with Crippen LogP contribution in [0.15, 0.2) is 24.3 Å². The average molecular weight is 313 g/mol. The molecule has 0 unspecified atom stereocenters. The molecule has 0 saturated carbocycles. The van der Waals surface area contributed by atoms with E-state index in [0.29, 0.717) is 12.1 Å². The van der Waals surface area contributed by atoms with E-state index in [0.717, 1.165) is 5.56 Å². The molecule has 0 aliphatic rings. The summed E-state index contributed by atoms with van der Waals surface area (Å²) in [5.41, 5.74) is 6.64. The Balaban J connectivity index is 2.60. The van der Waals surface area contributed by atoms with Gasteiger partial charge in [-0.25, -0.2) is 13.1 Å². The highest BCUT2D eigenvalue weighted by molar-refractivity contribution is 7.89. The summed E-state index contributed by atoms with van der Waals surface area (Å²) >= 11 is 0. The minimum absolute atomic E-state index is 0.0440. The van der Waals surface area contributed by atoms with Crippen molar-refractivity contribution in [2.45, 2.75) is 32.9 Å². The van der Waals surface area contributed by atoms with Crippen molar-refractivity contribution in [1.29, 1.82) is 0 Å². The predicted molar refractivity (Wildman–Crippen MR) is 83.3 cm³/mol. The highest BCUT2D eigenvalue weighted by Gasteiger charge is 2.13. The van der Waals surface area contributed by atoms with Gasteiger partial charge in [-0.1, -0.05) is 12.1 Å². The summed E-state index contributed by atoms with van der Waals surface area (Å²) in [6.45, 7) is 5.83. The number of sulfonamides is 1. The zero-order valence-corrected chi connectivity index (χ0v) is 13.5. The van der Waals surface area contributed by atoms with Crippen LogP contribution in [0.5, 0.6) is 0 Å². The lowest BCUT2D eigenvalue weighted by molar-refractivity contribution is 0.0946. The number of hydrogen-bond acceptors (Lipinski definition) is 4. The van der Waals surface area contributed by atoms with Crippen LogP contribution in [0.1, 0.15) is 36.7 Å². The van der Waals surface area contributed by atoms with Crippen molar-refractivity contribution < 1.29 is 13.2 Å². The maximum absolute atomic E-state index is 11.9. The van der Waals surface area contributed by atoms with Gasteiger partial charge in [-0.2, -0.15) is 0 Å². The van der Waals surface area contributed by atoms with Gasteiger partial charge in [-0.3, -0.25) is 4.79 Å². The molecule has 0 bridgehead atoms. The van der Waals surface area contributed by atoms with Crippen LogP contribution in [0.25, 0.3) is 0 Å². The van der Waals surface area contributed by atoms with Gasteiger partial charge in [0.2, 0.25) is 10.0 Å². The monoisotopic (exact) mass is 313 g/mol. The van der Waals surface area contributed by atoms with E-state index in [9.17, 15) is 13.2 Å². The molecule has 0 aromatic heterocycles. The zero-order valence-electron chi connectivity index (χ0n) is 12.6. The smallest absolute Gasteiger partial charge is 0.251 e. The molecule has 1 aromatic carbocycles. The van der Waals surface area contributed by atoms with Gasteiger partial charge in [0, 0.05) is 24.2 Å². The Hall–Kier alpha value is -1.44. The summed E-state index contributed by atoms with van der Waals surface area (Å²) in [7, 11) is -3.21. The molecule has 21 heavy (non-hydrogen) atoms. The molecule has 0 fully saturated rings. The lowest BCUT2D eigenvalue weighted by Crippen LogP contribution is -2.45. The highest BCUT2D eigenvalue weighted by Crippen LogP contribution is 2.05. The van der Waals surface area contributed by atoms with E-state index in [-0.39, 0.29) is 18.2 Å². The van der Waals surface area contributed by atoms with Crippen molar-refractivity contribution in [3.63, 3.8) is 0 Å². The molecule has 0 aliphatic carbocycles. The summed E-state index contributed by atoms with van der Waals surface area (Å²) in [5, 5.41) is 2.75. The third-order valence-electron chi connectivity index (χ3n) is 2.80. The van der Waals surface area contributed by atoms with E-state index in [1.165, 1.54) is 0 Å². The summed E-state index contributed by atoms with van der Waals surface area (Å²) in [6, 6.07) is 6.77. The maximum atomic E-state index is 11.9. The molecule has 7 heteroatoms. The molecule has 0 heterocycles. The van der Waals surface area contributed by atoms with Crippen molar-refractivity contribution in [3.05, 3.63) is 35.4 Å². The standard InChI is InChI=1S/C14H23N3O3S/c1-4-21(19,20)17-9-11-5-7-12(8-6-11)13(18)16-10-14(2,3)15/h5-8,17H,4,9-10,15H2,1-3H3,(H,16,18). The fourth-order valence-electron chi connectivity index (χ4n) is 1.48. The Morgan fingerprint density at radius 3 is 2.29 bits per heavy atom. The SMILES string of the molecule is CCS(=O)(=O)NCc1ccc(C(=O)NCC(C)(C)N)cc1. The van der Waals surface area contributed by atoms with E-state index in [2.05, 4.69) is 10.0 Å². The number of rotatable bonds is 7. The Labute approximate surface area is 126 Å². The van der Waals surface area contributed by atoms with Crippen LogP contribution in [0.2, 0.25) is 0 Å². The largest absolute Gasteiger partial charge is 0.350 e. The molecular weight excluding hydrogens is 290 g/mol. The number of nitrogens with two attached hydrogens (primary N) is 1. The van der Waals surface area contributed by atoms with E-state index in [1.807, 2.05) is 13.8 Å². The molecule has 6 nitrogen and oxygen atoms in total. The second kappa shape index (κ2) is 7.02. The predicted octanol–water partition coefficient (Wildman–Crippen LogP) is 0.593. The highest BCUT2D eigenvalue weighted by atomic mass is 32.2. The molecule has 0 radical (unpaired) electrons. The Morgan fingerprint density at radius 1 is 1.24 bits per heavy atom. The van der Waals surface area contributed by atoms with E-state index in [4.69, 9.17) is 5.73 Å². The van der Waals surface area contributed by atoms with Crippen molar-refractivity contribution in [1.82, 2.24) is 10.0 Å². The Bertz CT molecular complexity index is 574. The van der Waals surface area contributed by atoms with Crippen LogP contribution in [-0.4, -0.2) is 32.2 Å². The Kier molecular flexibility index (Phi) is 5.88. The number of carbonyl (C=O) groups excluding carboxylic acids is 1. The fraction of sp³-hybridized carbons (Fsp3) is 0.500. The van der Waals surface area contributed by atoms with Crippen LogP contribution in [0, 0.1) is 0 Å². The summed E-state index contributed by atoms with van der Waals surface area (Å²) < 4.78 is 25.2. The van der Waals surface area contributed by atoms with E-state index >= 15 is 0 Å². The second-order valence-corrected chi connectivity index (χ2v) is 7.69. The fourth-order valence-corrected chi connectivity index (χ4v) is 2.07. The number of benzene rings is 1. The molecule has 0 atom stereocenters. The molecule has 1 aromatic rings. The molecule has 0 aliphatic heterocycles. The third kappa shape index (κ3) is 6.70. The first-order valence-corrected chi connectivity index (χ1v) is 8.41. The summed E-state index contributed by atoms with van der Waals surface area (Å²) in [6.07, 6.45) is 0. The first-order chi connectivity index (χ1) is 9.63. The van der Waals surface area contributed by atoms with Crippen molar-refractivity contribution in [2.75, 3.05) is 12.3 Å².